The fourth-order valence-corrected chi connectivity index (χ4v) is 2.92. The normalized spacial score (nSPS) is 12.4. The van der Waals surface area contributed by atoms with Crippen molar-refractivity contribution in [3.63, 3.8) is 0 Å². The van der Waals surface area contributed by atoms with Crippen molar-refractivity contribution >= 4 is 27.5 Å². The van der Waals surface area contributed by atoms with Gasteiger partial charge in [-0.3, -0.25) is 0 Å². The minimum Gasteiger partial charge on any atom is -0.205 e. The molecule has 1 atom stereocenters. The molecular weight excluding hydrogens is 339 g/mol. The Kier molecular flexibility index (Phi) is 5.62. The van der Waals surface area contributed by atoms with E-state index in [1.54, 1.807) is 6.07 Å². The second-order valence-electron chi connectivity index (χ2n) is 5.13. The van der Waals surface area contributed by atoms with Gasteiger partial charge in [0.2, 0.25) is 0 Å². The summed E-state index contributed by atoms with van der Waals surface area (Å²) in [5.41, 5.74) is 3.44. The SMILES string of the molecule is Cc1ccc(CC(CBr)Cc2cccc(F)c2Cl)cc1. The van der Waals surface area contributed by atoms with Crippen molar-refractivity contribution in [1.29, 1.82) is 0 Å². The highest BCUT2D eigenvalue weighted by Crippen LogP contribution is 2.25. The summed E-state index contributed by atoms with van der Waals surface area (Å²) in [6.07, 6.45) is 1.73. The molecule has 0 nitrogen and oxygen atoms in total. The molecule has 1 unspecified atom stereocenters. The van der Waals surface area contributed by atoms with Crippen LogP contribution in [0.2, 0.25) is 5.02 Å². The summed E-state index contributed by atoms with van der Waals surface area (Å²) in [5.74, 6) is 0.0600. The summed E-state index contributed by atoms with van der Waals surface area (Å²) in [6, 6.07) is 13.6. The van der Waals surface area contributed by atoms with Crippen LogP contribution in [-0.4, -0.2) is 5.33 Å². The van der Waals surface area contributed by atoms with Crippen molar-refractivity contribution < 1.29 is 4.39 Å². The Balaban J connectivity index is 2.09. The smallest absolute Gasteiger partial charge is 0.142 e. The van der Waals surface area contributed by atoms with Gasteiger partial charge in [-0.05, 0) is 42.9 Å². The molecule has 3 heteroatoms. The molecule has 2 rings (SSSR count). The first kappa shape index (κ1) is 15.5. The van der Waals surface area contributed by atoms with Gasteiger partial charge in [-0.15, -0.1) is 0 Å². The first-order valence-electron chi connectivity index (χ1n) is 6.64. The van der Waals surface area contributed by atoms with Gasteiger partial charge in [-0.2, -0.15) is 0 Å². The summed E-state index contributed by atoms with van der Waals surface area (Å²) < 4.78 is 13.5. The first-order valence-corrected chi connectivity index (χ1v) is 8.14. The maximum atomic E-state index is 13.5. The minimum atomic E-state index is -0.340. The number of hydrogen-bond acceptors (Lipinski definition) is 0. The van der Waals surface area contributed by atoms with E-state index in [0.717, 1.165) is 23.7 Å². The fourth-order valence-electron chi connectivity index (χ4n) is 2.26. The molecule has 2 aromatic rings. The average molecular weight is 356 g/mol. The zero-order valence-electron chi connectivity index (χ0n) is 11.4. The van der Waals surface area contributed by atoms with Gasteiger partial charge in [-0.25, -0.2) is 4.39 Å². The van der Waals surface area contributed by atoms with Crippen LogP contribution in [0, 0.1) is 18.7 Å². The van der Waals surface area contributed by atoms with E-state index in [4.69, 9.17) is 11.6 Å². The van der Waals surface area contributed by atoms with E-state index in [9.17, 15) is 4.39 Å². The van der Waals surface area contributed by atoms with Crippen LogP contribution in [0.1, 0.15) is 16.7 Å². The lowest BCUT2D eigenvalue weighted by Crippen LogP contribution is -2.10. The molecule has 0 N–H and O–H groups in total. The van der Waals surface area contributed by atoms with E-state index >= 15 is 0 Å². The van der Waals surface area contributed by atoms with Crippen LogP contribution in [0.5, 0.6) is 0 Å². The molecule has 0 heterocycles. The van der Waals surface area contributed by atoms with E-state index in [2.05, 4.69) is 47.1 Å². The monoisotopic (exact) mass is 354 g/mol. The minimum absolute atomic E-state index is 0.252. The van der Waals surface area contributed by atoms with Gasteiger partial charge in [0.1, 0.15) is 5.82 Å². The molecule has 0 spiro atoms. The second-order valence-corrected chi connectivity index (χ2v) is 6.15. The Morgan fingerprint density at radius 1 is 1.10 bits per heavy atom. The van der Waals surface area contributed by atoms with Crippen molar-refractivity contribution in [2.75, 3.05) is 5.33 Å². The highest BCUT2D eigenvalue weighted by Gasteiger charge is 2.13. The molecule has 0 amide bonds. The highest BCUT2D eigenvalue weighted by molar-refractivity contribution is 9.09. The molecule has 0 aliphatic rings. The molecule has 0 aromatic heterocycles. The molecule has 0 aliphatic carbocycles. The topological polar surface area (TPSA) is 0 Å². The van der Waals surface area contributed by atoms with E-state index in [-0.39, 0.29) is 10.8 Å². The van der Waals surface area contributed by atoms with Crippen LogP contribution in [-0.2, 0) is 12.8 Å². The van der Waals surface area contributed by atoms with Crippen LogP contribution < -0.4 is 0 Å². The third-order valence-corrected chi connectivity index (χ3v) is 4.74. The van der Waals surface area contributed by atoms with Crippen molar-refractivity contribution in [2.45, 2.75) is 19.8 Å². The Morgan fingerprint density at radius 2 is 1.80 bits per heavy atom. The number of aryl methyl sites for hydroxylation is 1. The molecule has 0 fully saturated rings. The molecule has 106 valence electrons. The van der Waals surface area contributed by atoms with Gasteiger partial charge < -0.3 is 0 Å². The van der Waals surface area contributed by atoms with Crippen LogP contribution >= 0.6 is 27.5 Å². The van der Waals surface area contributed by atoms with Gasteiger partial charge in [0.25, 0.3) is 0 Å². The van der Waals surface area contributed by atoms with Crippen LogP contribution in [0.25, 0.3) is 0 Å². The van der Waals surface area contributed by atoms with Crippen molar-refractivity contribution in [3.8, 4) is 0 Å². The molecule has 0 saturated carbocycles. The highest BCUT2D eigenvalue weighted by atomic mass is 79.9. The third kappa shape index (κ3) is 4.07. The molecular formula is C17H17BrClF. The summed E-state index contributed by atoms with van der Waals surface area (Å²) in [6.45, 7) is 2.08. The molecule has 0 saturated heterocycles. The van der Waals surface area contributed by atoms with Gasteiger partial charge in [0.05, 0.1) is 5.02 Å². The van der Waals surface area contributed by atoms with Gasteiger partial charge in [0, 0.05) is 5.33 Å². The van der Waals surface area contributed by atoms with Gasteiger partial charge >= 0.3 is 0 Å². The van der Waals surface area contributed by atoms with Crippen molar-refractivity contribution in [1.82, 2.24) is 0 Å². The van der Waals surface area contributed by atoms with E-state index < -0.39 is 0 Å². The molecule has 0 radical (unpaired) electrons. The summed E-state index contributed by atoms with van der Waals surface area (Å²) in [5, 5.41) is 1.12. The van der Waals surface area contributed by atoms with E-state index in [1.165, 1.54) is 17.2 Å². The van der Waals surface area contributed by atoms with Crippen LogP contribution in [0.4, 0.5) is 4.39 Å². The lowest BCUT2D eigenvalue weighted by molar-refractivity contribution is 0.583. The van der Waals surface area contributed by atoms with Crippen LogP contribution in [0.15, 0.2) is 42.5 Å². The lowest BCUT2D eigenvalue weighted by Gasteiger charge is -2.15. The predicted octanol–water partition coefficient (Wildman–Crippen LogP) is 5.58. The molecule has 0 bridgehead atoms. The Labute approximate surface area is 133 Å². The number of hydrogen-bond donors (Lipinski definition) is 0. The van der Waals surface area contributed by atoms with E-state index in [1.807, 2.05) is 6.07 Å². The van der Waals surface area contributed by atoms with Crippen LogP contribution in [0.3, 0.4) is 0 Å². The van der Waals surface area contributed by atoms with Crippen molar-refractivity contribution in [2.24, 2.45) is 5.92 Å². The molecule has 2 aromatic carbocycles. The quantitative estimate of drug-likeness (QED) is 0.614. The van der Waals surface area contributed by atoms with Gasteiger partial charge in [0.15, 0.2) is 0 Å². The second kappa shape index (κ2) is 7.24. The largest absolute Gasteiger partial charge is 0.205 e. The fraction of sp³-hybridized carbons (Fsp3) is 0.294. The Hall–Kier alpha value is -0.860. The Bertz CT molecular complexity index is 566. The maximum absolute atomic E-state index is 13.5. The lowest BCUT2D eigenvalue weighted by atomic mass is 9.94. The summed E-state index contributed by atoms with van der Waals surface area (Å²) in [7, 11) is 0. The summed E-state index contributed by atoms with van der Waals surface area (Å²) in [4.78, 5) is 0. The number of benzene rings is 2. The zero-order valence-corrected chi connectivity index (χ0v) is 13.7. The zero-order chi connectivity index (χ0) is 14.5. The average Bonchev–Trinajstić information content (AvgIpc) is 2.45. The first-order chi connectivity index (χ1) is 9.60. The molecule has 0 aliphatic heterocycles. The predicted molar refractivity (Wildman–Crippen MR) is 87.3 cm³/mol. The Morgan fingerprint density at radius 3 is 2.45 bits per heavy atom. The number of rotatable bonds is 5. The van der Waals surface area contributed by atoms with Gasteiger partial charge in [-0.1, -0.05) is 69.5 Å². The summed E-state index contributed by atoms with van der Waals surface area (Å²) >= 11 is 9.58. The number of halogens is 3. The third-order valence-electron chi connectivity index (χ3n) is 3.40. The maximum Gasteiger partial charge on any atom is 0.142 e. The van der Waals surface area contributed by atoms with Crippen molar-refractivity contribution in [3.05, 3.63) is 70.0 Å². The molecule has 20 heavy (non-hydrogen) atoms. The van der Waals surface area contributed by atoms with E-state index in [0.29, 0.717) is 5.92 Å². The standard InChI is InChI=1S/C17H17BrClF/c1-12-5-7-13(8-6-12)9-14(11-18)10-15-3-2-4-16(20)17(15)19/h2-8,14H,9-11H2,1H3. The number of alkyl halides is 1.